The number of sulfonamides is 1. The van der Waals surface area contributed by atoms with Crippen LogP contribution in [0, 0.1) is 6.92 Å². The summed E-state index contributed by atoms with van der Waals surface area (Å²) in [5.74, 6) is 0. The number of aromatic nitrogens is 1. The van der Waals surface area contributed by atoms with E-state index in [1.807, 2.05) is 25.1 Å². The Hall–Kier alpha value is -2.18. The van der Waals surface area contributed by atoms with Gasteiger partial charge in [0.1, 0.15) is 0 Å². The Morgan fingerprint density at radius 3 is 2.25 bits per heavy atom. The van der Waals surface area contributed by atoms with Gasteiger partial charge in [0, 0.05) is 28.1 Å². The molecule has 3 rings (SSSR count). The van der Waals surface area contributed by atoms with Gasteiger partial charge in [-0.15, -0.1) is 0 Å². The molecule has 0 radical (unpaired) electrons. The molecular formula is C18H15BrN2O2S. The molecule has 122 valence electrons. The Morgan fingerprint density at radius 2 is 1.62 bits per heavy atom. The van der Waals surface area contributed by atoms with E-state index in [0.29, 0.717) is 5.69 Å². The molecule has 4 nitrogen and oxygen atoms in total. The second-order valence-electron chi connectivity index (χ2n) is 5.33. The van der Waals surface area contributed by atoms with Crippen molar-refractivity contribution in [3.63, 3.8) is 0 Å². The molecule has 2 aromatic carbocycles. The molecule has 0 fully saturated rings. The van der Waals surface area contributed by atoms with Gasteiger partial charge in [0.25, 0.3) is 10.0 Å². The Balaban J connectivity index is 1.84. The highest BCUT2D eigenvalue weighted by Gasteiger charge is 2.14. The number of pyridine rings is 1. The van der Waals surface area contributed by atoms with Crippen LogP contribution in [0.2, 0.25) is 0 Å². The summed E-state index contributed by atoms with van der Waals surface area (Å²) < 4.78 is 28.2. The summed E-state index contributed by atoms with van der Waals surface area (Å²) in [6, 6.07) is 15.7. The van der Waals surface area contributed by atoms with Gasteiger partial charge in [-0.1, -0.05) is 28.1 Å². The van der Waals surface area contributed by atoms with Gasteiger partial charge in [0.2, 0.25) is 0 Å². The van der Waals surface area contributed by atoms with E-state index in [-0.39, 0.29) is 4.90 Å². The highest BCUT2D eigenvalue weighted by molar-refractivity contribution is 9.10. The van der Waals surface area contributed by atoms with Crippen LogP contribution in [-0.2, 0) is 10.0 Å². The van der Waals surface area contributed by atoms with E-state index in [4.69, 9.17) is 0 Å². The largest absolute Gasteiger partial charge is 0.280 e. The first-order valence-corrected chi connectivity index (χ1v) is 9.53. The summed E-state index contributed by atoms with van der Waals surface area (Å²) in [6.45, 7) is 2.02. The van der Waals surface area contributed by atoms with Gasteiger partial charge in [-0.2, -0.15) is 0 Å². The van der Waals surface area contributed by atoms with Crippen molar-refractivity contribution in [3.8, 4) is 11.1 Å². The first kappa shape index (κ1) is 16.7. The summed E-state index contributed by atoms with van der Waals surface area (Å²) in [5, 5.41) is 0. The maximum Gasteiger partial charge on any atom is 0.261 e. The van der Waals surface area contributed by atoms with Crippen LogP contribution in [0.15, 0.2) is 76.4 Å². The molecular weight excluding hydrogens is 388 g/mol. The van der Waals surface area contributed by atoms with Crippen molar-refractivity contribution in [2.75, 3.05) is 4.72 Å². The van der Waals surface area contributed by atoms with Crippen molar-refractivity contribution in [1.29, 1.82) is 0 Å². The van der Waals surface area contributed by atoms with Gasteiger partial charge in [0.05, 0.1) is 4.90 Å². The molecule has 0 spiro atoms. The topological polar surface area (TPSA) is 59.1 Å². The molecule has 0 bridgehead atoms. The van der Waals surface area contributed by atoms with Crippen LogP contribution >= 0.6 is 15.9 Å². The molecule has 0 atom stereocenters. The third-order valence-corrected chi connectivity index (χ3v) is 5.54. The SMILES string of the molecule is Cc1ccncc1-c1ccc(NS(=O)(=O)c2ccc(Br)cc2)cc1. The van der Waals surface area contributed by atoms with E-state index in [2.05, 4.69) is 25.6 Å². The van der Waals surface area contributed by atoms with Gasteiger partial charge in [-0.25, -0.2) is 8.42 Å². The molecule has 1 aromatic heterocycles. The molecule has 0 saturated heterocycles. The Bertz CT molecular complexity index is 953. The van der Waals surface area contributed by atoms with Gasteiger partial charge in [0.15, 0.2) is 0 Å². The fourth-order valence-electron chi connectivity index (χ4n) is 2.31. The standard InChI is InChI=1S/C18H15BrN2O2S/c1-13-10-11-20-12-18(13)14-2-6-16(7-3-14)21-24(22,23)17-8-4-15(19)5-9-17/h2-12,21H,1H3. The van der Waals surface area contributed by atoms with E-state index in [9.17, 15) is 8.42 Å². The van der Waals surface area contributed by atoms with E-state index in [0.717, 1.165) is 21.2 Å². The normalized spacial score (nSPS) is 11.2. The number of nitrogens with zero attached hydrogens (tertiary/aromatic N) is 1. The molecule has 6 heteroatoms. The van der Waals surface area contributed by atoms with Crippen molar-refractivity contribution in [1.82, 2.24) is 4.98 Å². The van der Waals surface area contributed by atoms with Crippen LogP contribution in [0.5, 0.6) is 0 Å². The Kier molecular flexibility index (Phi) is 4.69. The van der Waals surface area contributed by atoms with Crippen molar-refractivity contribution in [3.05, 3.63) is 77.0 Å². The Labute approximate surface area is 149 Å². The fraction of sp³-hybridized carbons (Fsp3) is 0.0556. The quantitative estimate of drug-likeness (QED) is 0.692. The minimum atomic E-state index is -3.60. The van der Waals surface area contributed by atoms with Crippen LogP contribution in [0.3, 0.4) is 0 Å². The summed E-state index contributed by atoms with van der Waals surface area (Å²) >= 11 is 3.29. The smallest absolute Gasteiger partial charge is 0.261 e. The monoisotopic (exact) mass is 402 g/mol. The molecule has 0 amide bonds. The second kappa shape index (κ2) is 6.75. The van der Waals surface area contributed by atoms with Gasteiger partial charge in [-0.05, 0) is 60.5 Å². The van der Waals surface area contributed by atoms with Crippen LogP contribution in [0.1, 0.15) is 5.56 Å². The minimum absolute atomic E-state index is 0.220. The third kappa shape index (κ3) is 3.66. The number of rotatable bonds is 4. The second-order valence-corrected chi connectivity index (χ2v) is 7.93. The molecule has 0 aliphatic carbocycles. The van der Waals surface area contributed by atoms with Crippen LogP contribution < -0.4 is 4.72 Å². The molecule has 1 heterocycles. The number of hydrogen-bond acceptors (Lipinski definition) is 3. The predicted octanol–water partition coefficient (Wildman–Crippen LogP) is 4.62. The lowest BCUT2D eigenvalue weighted by Crippen LogP contribution is -2.12. The summed E-state index contributed by atoms with van der Waals surface area (Å²) in [6.07, 6.45) is 3.55. The average Bonchev–Trinajstić information content (AvgIpc) is 2.56. The average molecular weight is 403 g/mol. The number of hydrogen-bond donors (Lipinski definition) is 1. The lowest BCUT2D eigenvalue weighted by atomic mass is 10.0. The summed E-state index contributed by atoms with van der Waals surface area (Å²) in [4.78, 5) is 4.36. The first-order valence-electron chi connectivity index (χ1n) is 7.25. The van der Waals surface area contributed by atoms with E-state index >= 15 is 0 Å². The molecule has 0 saturated carbocycles. The molecule has 0 unspecified atom stereocenters. The first-order chi connectivity index (χ1) is 11.5. The zero-order chi connectivity index (χ0) is 17.2. The van der Waals surface area contributed by atoms with Gasteiger partial charge >= 0.3 is 0 Å². The van der Waals surface area contributed by atoms with Gasteiger partial charge in [-0.3, -0.25) is 9.71 Å². The summed E-state index contributed by atoms with van der Waals surface area (Å²) in [5.41, 5.74) is 3.66. The van der Waals surface area contributed by atoms with Crippen molar-refractivity contribution in [2.24, 2.45) is 0 Å². The zero-order valence-electron chi connectivity index (χ0n) is 12.9. The zero-order valence-corrected chi connectivity index (χ0v) is 15.3. The van der Waals surface area contributed by atoms with Gasteiger partial charge < -0.3 is 0 Å². The maximum absolute atomic E-state index is 12.4. The molecule has 0 aliphatic heterocycles. The van der Waals surface area contributed by atoms with E-state index < -0.39 is 10.0 Å². The lowest BCUT2D eigenvalue weighted by Gasteiger charge is -2.10. The van der Waals surface area contributed by atoms with E-state index in [1.165, 1.54) is 0 Å². The number of nitrogens with one attached hydrogen (secondary N) is 1. The highest BCUT2D eigenvalue weighted by atomic mass is 79.9. The van der Waals surface area contributed by atoms with Crippen LogP contribution in [0.4, 0.5) is 5.69 Å². The summed E-state index contributed by atoms with van der Waals surface area (Å²) in [7, 11) is -3.60. The maximum atomic E-state index is 12.4. The van der Waals surface area contributed by atoms with Crippen LogP contribution in [-0.4, -0.2) is 13.4 Å². The molecule has 24 heavy (non-hydrogen) atoms. The molecule has 0 aliphatic rings. The number of benzene rings is 2. The van der Waals surface area contributed by atoms with Crippen molar-refractivity contribution < 1.29 is 8.42 Å². The van der Waals surface area contributed by atoms with E-state index in [1.54, 1.807) is 48.8 Å². The minimum Gasteiger partial charge on any atom is -0.280 e. The molecule has 1 N–H and O–H groups in total. The van der Waals surface area contributed by atoms with Crippen molar-refractivity contribution in [2.45, 2.75) is 11.8 Å². The fourth-order valence-corrected chi connectivity index (χ4v) is 3.63. The highest BCUT2D eigenvalue weighted by Crippen LogP contribution is 2.25. The van der Waals surface area contributed by atoms with Crippen LogP contribution in [0.25, 0.3) is 11.1 Å². The number of halogens is 1. The third-order valence-electron chi connectivity index (χ3n) is 3.61. The predicted molar refractivity (Wildman–Crippen MR) is 99.4 cm³/mol. The lowest BCUT2D eigenvalue weighted by molar-refractivity contribution is 0.601. The molecule has 3 aromatic rings. The number of anilines is 1. The Morgan fingerprint density at radius 1 is 0.958 bits per heavy atom. The number of aryl methyl sites for hydroxylation is 1. The van der Waals surface area contributed by atoms with Crippen molar-refractivity contribution >= 4 is 31.6 Å².